The lowest BCUT2D eigenvalue weighted by Crippen LogP contribution is -2.04. The molecule has 8 heteroatoms. The summed E-state index contributed by atoms with van der Waals surface area (Å²) in [6.07, 6.45) is 0. The largest absolute Gasteiger partial charge is 0.309 e. The standard InChI is InChI=1S/C90H54N8/c1-93-71-39-33-65(34-40-71)79-55-73(98-86-47-37-68(62-22-10-4-11-23-62)52-82(86)83-53-69(38-48-87(83)98)63-24-12-5-13-25-63)42-44-77(79)90-95-88(75-28-15-14-27-74(75)70-26-16-17-59(49-70)57-92)94-89(96-90)76-43-41-72(54-78(76)64-31-29-58(56-91)30-32-64)97-84-45-35-66(60-18-6-2-7-19-60)50-80(84)81-51-67(36-46-85(81)97)61-20-8-3-9-21-61/h2-55H. The topological polar surface area (TPSA) is 100 Å². The molecule has 0 aliphatic rings. The van der Waals surface area contributed by atoms with Gasteiger partial charge in [-0.1, -0.05) is 218 Å². The minimum Gasteiger partial charge on any atom is -0.309 e. The molecule has 3 heterocycles. The second-order valence-corrected chi connectivity index (χ2v) is 24.4. The van der Waals surface area contributed by atoms with E-state index in [1.165, 1.54) is 0 Å². The molecular formula is C90H54N8. The second kappa shape index (κ2) is 24.6. The van der Waals surface area contributed by atoms with E-state index in [1.54, 1.807) is 0 Å². The maximum absolute atomic E-state index is 10.2. The minimum absolute atomic E-state index is 0.419. The predicted octanol–water partition coefficient (Wildman–Crippen LogP) is 23.0. The molecule has 98 heavy (non-hydrogen) atoms. The second-order valence-electron chi connectivity index (χ2n) is 24.4. The zero-order valence-electron chi connectivity index (χ0n) is 52.8. The van der Waals surface area contributed by atoms with E-state index >= 15 is 0 Å². The summed E-state index contributed by atoms with van der Waals surface area (Å²) in [6, 6.07) is 118. The van der Waals surface area contributed by atoms with Crippen molar-refractivity contribution in [3.05, 3.63) is 350 Å². The minimum atomic E-state index is 0.419. The fourth-order valence-corrected chi connectivity index (χ4v) is 13.9. The highest BCUT2D eigenvalue weighted by molar-refractivity contribution is 6.13. The summed E-state index contributed by atoms with van der Waals surface area (Å²) in [5.41, 5.74) is 23.9. The number of hydrogen-bond acceptors (Lipinski definition) is 5. The van der Waals surface area contributed by atoms with Crippen molar-refractivity contribution in [1.82, 2.24) is 24.1 Å². The molecule has 0 saturated heterocycles. The first-order chi connectivity index (χ1) is 48.4. The summed E-state index contributed by atoms with van der Waals surface area (Å²) >= 11 is 0. The Morgan fingerprint density at radius 2 is 0.592 bits per heavy atom. The Hall–Kier alpha value is -13.8. The normalized spacial score (nSPS) is 11.2. The van der Waals surface area contributed by atoms with Gasteiger partial charge in [-0.15, -0.1) is 0 Å². The van der Waals surface area contributed by atoms with Crippen molar-refractivity contribution >= 4 is 49.3 Å². The summed E-state index contributed by atoms with van der Waals surface area (Å²) in [6.45, 7) is 7.99. The molecule has 0 N–H and O–H groups in total. The fraction of sp³-hybridized carbons (Fsp3) is 0. The molecule has 14 aromatic carbocycles. The van der Waals surface area contributed by atoms with E-state index in [2.05, 4.69) is 232 Å². The van der Waals surface area contributed by atoms with Crippen LogP contribution in [0.3, 0.4) is 0 Å². The Morgan fingerprint density at radius 3 is 0.969 bits per heavy atom. The van der Waals surface area contributed by atoms with Crippen LogP contribution in [0.4, 0.5) is 5.69 Å². The van der Waals surface area contributed by atoms with E-state index in [4.69, 9.17) is 21.5 Å². The van der Waals surface area contributed by atoms with Crippen LogP contribution in [-0.2, 0) is 0 Å². The zero-order valence-corrected chi connectivity index (χ0v) is 52.8. The Balaban J connectivity index is 0.904. The quantitative estimate of drug-likeness (QED) is 0.113. The van der Waals surface area contributed by atoms with Crippen LogP contribution in [-0.4, -0.2) is 24.1 Å². The van der Waals surface area contributed by atoms with E-state index in [9.17, 15) is 10.5 Å². The molecule has 0 aliphatic carbocycles. The number of hydrogen-bond donors (Lipinski definition) is 0. The first kappa shape index (κ1) is 58.0. The van der Waals surface area contributed by atoms with Crippen LogP contribution in [0.25, 0.3) is 172 Å². The summed E-state index contributed by atoms with van der Waals surface area (Å²) < 4.78 is 4.69. The van der Waals surface area contributed by atoms with Crippen LogP contribution in [0.5, 0.6) is 0 Å². The Labute approximate surface area is 566 Å². The first-order valence-electron chi connectivity index (χ1n) is 32.4. The van der Waals surface area contributed by atoms with Crippen molar-refractivity contribution in [2.24, 2.45) is 0 Å². The van der Waals surface area contributed by atoms with E-state index in [1.807, 2.05) is 121 Å². The van der Waals surface area contributed by atoms with Crippen molar-refractivity contribution in [3.8, 4) is 136 Å². The predicted molar refractivity (Wildman–Crippen MR) is 399 cm³/mol. The van der Waals surface area contributed by atoms with Crippen molar-refractivity contribution in [3.63, 3.8) is 0 Å². The highest BCUT2D eigenvalue weighted by atomic mass is 15.0. The highest BCUT2D eigenvalue weighted by Gasteiger charge is 2.24. The van der Waals surface area contributed by atoms with Crippen LogP contribution in [0.15, 0.2) is 328 Å². The Morgan fingerprint density at radius 1 is 0.255 bits per heavy atom. The molecule has 0 fully saturated rings. The van der Waals surface area contributed by atoms with Crippen LogP contribution in [0, 0.1) is 29.2 Å². The summed E-state index contributed by atoms with van der Waals surface area (Å²) in [7, 11) is 0. The van der Waals surface area contributed by atoms with Gasteiger partial charge in [0.2, 0.25) is 0 Å². The third-order valence-corrected chi connectivity index (χ3v) is 18.7. The molecule has 17 rings (SSSR count). The van der Waals surface area contributed by atoms with Crippen LogP contribution < -0.4 is 0 Å². The molecular weight excluding hydrogens is 1190 g/mol. The van der Waals surface area contributed by atoms with Crippen molar-refractivity contribution < 1.29 is 0 Å². The molecule has 8 nitrogen and oxygen atoms in total. The molecule has 454 valence electrons. The molecule has 0 aliphatic heterocycles. The maximum atomic E-state index is 10.2. The van der Waals surface area contributed by atoms with E-state index in [0.29, 0.717) is 34.3 Å². The van der Waals surface area contributed by atoms with E-state index in [0.717, 1.165) is 150 Å². The average molecular weight is 1250 g/mol. The Kier molecular flexibility index (Phi) is 14.5. The van der Waals surface area contributed by atoms with Crippen LogP contribution >= 0.6 is 0 Å². The number of fused-ring (bicyclic) bond motifs is 6. The van der Waals surface area contributed by atoms with Gasteiger partial charge in [-0.25, -0.2) is 19.8 Å². The van der Waals surface area contributed by atoms with Gasteiger partial charge >= 0.3 is 0 Å². The molecule has 0 saturated carbocycles. The van der Waals surface area contributed by atoms with E-state index < -0.39 is 0 Å². The number of rotatable bonds is 12. The first-order valence-corrected chi connectivity index (χ1v) is 32.4. The SMILES string of the molecule is [C-]#[N+]c1ccc(-c2cc(-n3c4ccc(-c5ccccc5)cc4c4cc(-c5ccccc5)ccc43)ccc2-c2nc(-c3ccccc3-c3cccc(C#N)c3)nc(-c3ccc(-n4c5ccc(-c6ccccc6)cc5c5cc(-c6ccccc6)ccc54)cc3-c3ccc(C#N)cc3)n2)cc1. The molecule has 0 bridgehead atoms. The number of nitrogens with zero attached hydrogens (tertiary/aromatic N) is 8. The summed E-state index contributed by atoms with van der Waals surface area (Å²) in [5, 5.41) is 24.8. The average Bonchev–Trinajstić information content (AvgIpc) is 1.56. The van der Waals surface area contributed by atoms with Gasteiger partial charge in [0.05, 0.1) is 51.9 Å². The van der Waals surface area contributed by atoms with Crippen molar-refractivity contribution in [2.75, 3.05) is 0 Å². The van der Waals surface area contributed by atoms with Crippen LogP contribution in [0.2, 0.25) is 0 Å². The van der Waals surface area contributed by atoms with Gasteiger partial charge in [-0.3, -0.25) is 0 Å². The van der Waals surface area contributed by atoms with Gasteiger partial charge in [0.15, 0.2) is 23.2 Å². The fourth-order valence-electron chi connectivity index (χ4n) is 13.9. The van der Waals surface area contributed by atoms with Crippen molar-refractivity contribution in [2.45, 2.75) is 0 Å². The number of nitriles is 2. The zero-order chi connectivity index (χ0) is 65.6. The Bertz CT molecular complexity index is 5590. The van der Waals surface area contributed by atoms with E-state index in [-0.39, 0.29) is 0 Å². The lowest BCUT2D eigenvalue weighted by molar-refractivity contribution is 1.07. The van der Waals surface area contributed by atoms with Gasteiger partial charge < -0.3 is 9.13 Å². The monoisotopic (exact) mass is 1250 g/mol. The van der Waals surface area contributed by atoms with Gasteiger partial charge in [-0.2, -0.15) is 10.5 Å². The molecule has 17 aromatic rings. The van der Waals surface area contributed by atoms with Gasteiger partial charge in [0.25, 0.3) is 0 Å². The van der Waals surface area contributed by atoms with Crippen molar-refractivity contribution in [1.29, 1.82) is 10.5 Å². The summed E-state index contributed by atoms with van der Waals surface area (Å²) in [4.78, 5) is 20.5. The molecule has 0 amide bonds. The third kappa shape index (κ3) is 10.5. The van der Waals surface area contributed by atoms with Crippen LogP contribution in [0.1, 0.15) is 11.1 Å². The molecule has 3 aromatic heterocycles. The molecule has 0 atom stereocenters. The van der Waals surface area contributed by atoms with Gasteiger partial charge in [0, 0.05) is 49.6 Å². The van der Waals surface area contributed by atoms with Gasteiger partial charge in [-0.05, 0) is 187 Å². The third-order valence-electron chi connectivity index (χ3n) is 18.7. The molecule has 0 radical (unpaired) electrons. The lowest BCUT2D eigenvalue weighted by atomic mass is 9.95. The molecule has 0 unspecified atom stereocenters. The lowest BCUT2D eigenvalue weighted by Gasteiger charge is -2.18. The molecule has 0 spiro atoms. The number of aromatic nitrogens is 5. The smallest absolute Gasteiger partial charge is 0.187 e. The summed E-state index contributed by atoms with van der Waals surface area (Å²) in [5.74, 6) is 1.26. The van der Waals surface area contributed by atoms with Gasteiger partial charge in [0.1, 0.15) is 0 Å². The maximum Gasteiger partial charge on any atom is 0.187 e. The highest BCUT2D eigenvalue weighted by Crippen LogP contribution is 2.45. The number of benzene rings is 14.